The minimum Gasteiger partial charge on any atom is -0.479 e. The Morgan fingerprint density at radius 1 is 1.21 bits per heavy atom. The molecule has 0 radical (unpaired) electrons. The minimum absolute atomic E-state index is 0.0443. The predicted octanol–water partition coefficient (Wildman–Crippen LogP) is 3.27. The molecule has 0 unspecified atom stereocenters. The van der Waals surface area contributed by atoms with E-state index in [1.807, 2.05) is 0 Å². The monoisotopic (exact) mass is 487 g/mol. The summed E-state index contributed by atoms with van der Waals surface area (Å²) in [5, 5.41) is 13.8. The van der Waals surface area contributed by atoms with Gasteiger partial charge in [-0.15, -0.1) is 16.4 Å². The van der Waals surface area contributed by atoms with E-state index in [4.69, 9.17) is 21.1 Å². The standard InChI is InChI=1S/C21H18ClN5O5S/c1-4-32-21(30)16-14-10-33-19(23-17(28)13-9-26(2)25-18(13)31-3)15(14)20(29)27(24-16)12-7-5-11(22)6-8-12/h5-10H,4H2,1-3H3,(H,23,28). The van der Waals surface area contributed by atoms with Crippen LogP contribution in [0.3, 0.4) is 0 Å². The smallest absolute Gasteiger partial charge is 0.359 e. The Hall–Kier alpha value is -3.70. The van der Waals surface area contributed by atoms with Crippen LogP contribution in [0.2, 0.25) is 5.02 Å². The van der Waals surface area contributed by atoms with Gasteiger partial charge in [0.1, 0.15) is 10.6 Å². The van der Waals surface area contributed by atoms with Crippen molar-refractivity contribution in [3.63, 3.8) is 0 Å². The highest BCUT2D eigenvalue weighted by Gasteiger charge is 2.24. The lowest BCUT2D eigenvalue weighted by molar-refractivity contribution is 0.0520. The molecule has 170 valence electrons. The molecule has 1 aromatic carbocycles. The number of nitrogens with one attached hydrogen (secondary N) is 1. The van der Waals surface area contributed by atoms with Crippen molar-refractivity contribution in [1.29, 1.82) is 0 Å². The summed E-state index contributed by atoms with van der Waals surface area (Å²) in [5.41, 5.74) is 0.0284. The van der Waals surface area contributed by atoms with Gasteiger partial charge in [-0.05, 0) is 31.2 Å². The van der Waals surface area contributed by atoms with Gasteiger partial charge in [0.2, 0.25) is 5.88 Å². The number of rotatable bonds is 6. The lowest BCUT2D eigenvalue weighted by Crippen LogP contribution is -2.25. The molecule has 0 atom stereocenters. The Bertz CT molecular complexity index is 1420. The van der Waals surface area contributed by atoms with Crippen molar-refractivity contribution in [2.45, 2.75) is 6.92 Å². The topological polar surface area (TPSA) is 117 Å². The van der Waals surface area contributed by atoms with Crippen LogP contribution in [0, 0.1) is 0 Å². The van der Waals surface area contributed by atoms with E-state index < -0.39 is 17.4 Å². The normalized spacial score (nSPS) is 10.9. The number of carbonyl (C=O) groups is 2. The maximum atomic E-state index is 13.4. The van der Waals surface area contributed by atoms with Crippen molar-refractivity contribution >= 4 is 50.6 Å². The fourth-order valence-electron chi connectivity index (χ4n) is 3.19. The van der Waals surface area contributed by atoms with Gasteiger partial charge < -0.3 is 14.8 Å². The highest BCUT2D eigenvalue weighted by Crippen LogP contribution is 2.31. The summed E-state index contributed by atoms with van der Waals surface area (Å²) in [4.78, 5) is 38.9. The first kappa shape index (κ1) is 22.5. The molecule has 0 aliphatic rings. The average molecular weight is 488 g/mol. The van der Waals surface area contributed by atoms with Crippen LogP contribution in [0.1, 0.15) is 27.8 Å². The summed E-state index contributed by atoms with van der Waals surface area (Å²) >= 11 is 7.06. The summed E-state index contributed by atoms with van der Waals surface area (Å²) in [6.45, 7) is 1.81. The number of halogens is 1. The van der Waals surface area contributed by atoms with Crippen LogP contribution in [-0.2, 0) is 11.8 Å². The first-order valence-corrected chi connectivity index (χ1v) is 11.0. The Kier molecular flexibility index (Phi) is 6.16. The summed E-state index contributed by atoms with van der Waals surface area (Å²) in [7, 11) is 3.06. The Balaban J connectivity index is 1.88. The number of nitrogens with zero attached hydrogens (tertiary/aromatic N) is 4. The molecule has 0 spiro atoms. The van der Waals surface area contributed by atoms with E-state index in [0.29, 0.717) is 10.7 Å². The number of aromatic nitrogens is 4. The van der Waals surface area contributed by atoms with Crippen molar-refractivity contribution in [2.24, 2.45) is 7.05 Å². The lowest BCUT2D eigenvalue weighted by Gasteiger charge is -2.10. The highest BCUT2D eigenvalue weighted by atomic mass is 35.5. The lowest BCUT2D eigenvalue weighted by atomic mass is 10.2. The van der Waals surface area contributed by atoms with Crippen LogP contribution in [0.25, 0.3) is 16.5 Å². The maximum Gasteiger partial charge on any atom is 0.359 e. The van der Waals surface area contributed by atoms with E-state index in [0.717, 1.165) is 16.0 Å². The van der Waals surface area contributed by atoms with E-state index >= 15 is 0 Å². The van der Waals surface area contributed by atoms with E-state index in [1.54, 1.807) is 43.6 Å². The molecule has 0 saturated heterocycles. The van der Waals surface area contributed by atoms with Crippen molar-refractivity contribution in [2.75, 3.05) is 19.0 Å². The molecular formula is C21H18ClN5O5S. The SMILES string of the molecule is CCOC(=O)c1nn(-c2ccc(Cl)cc2)c(=O)c2c(NC(=O)c3cn(C)nc3OC)scc12. The van der Waals surface area contributed by atoms with E-state index in [1.165, 1.54) is 18.0 Å². The largest absolute Gasteiger partial charge is 0.479 e. The summed E-state index contributed by atoms with van der Waals surface area (Å²) in [5.74, 6) is -1.06. The second-order valence-electron chi connectivity index (χ2n) is 6.80. The Morgan fingerprint density at radius 3 is 2.61 bits per heavy atom. The number of methoxy groups -OCH3 is 1. The zero-order valence-corrected chi connectivity index (χ0v) is 19.4. The third kappa shape index (κ3) is 4.20. The maximum absolute atomic E-state index is 13.4. The van der Waals surface area contributed by atoms with Gasteiger partial charge in [-0.25, -0.2) is 4.79 Å². The van der Waals surface area contributed by atoms with Gasteiger partial charge in [-0.1, -0.05) is 11.6 Å². The number of carbonyl (C=O) groups excluding carboxylic acids is 2. The number of hydrogen-bond acceptors (Lipinski definition) is 8. The van der Waals surface area contributed by atoms with Crippen molar-refractivity contribution in [3.05, 3.63) is 62.5 Å². The van der Waals surface area contributed by atoms with E-state index in [-0.39, 0.29) is 39.5 Å². The van der Waals surface area contributed by atoms with Gasteiger partial charge in [-0.2, -0.15) is 9.78 Å². The molecule has 12 heteroatoms. The Morgan fingerprint density at radius 2 is 1.94 bits per heavy atom. The van der Waals surface area contributed by atoms with Gasteiger partial charge in [0.25, 0.3) is 11.5 Å². The number of thiophene rings is 1. The number of ether oxygens (including phenoxy) is 2. The van der Waals surface area contributed by atoms with Crippen molar-refractivity contribution in [1.82, 2.24) is 19.6 Å². The van der Waals surface area contributed by atoms with Gasteiger partial charge in [0, 0.05) is 29.0 Å². The van der Waals surface area contributed by atoms with Crippen LogP contribution >= 0.6 is 22.9 Å². The van der Waals surface area contributed by atoms with Crippen LogP contribution in [0.4, 0.5) is 5.00 Å². The predicted molar refractivity (Wildman–Crippen MR) is 124 cm³/mol. The molecule has 3 heterocycles. The average Bonchev–Trinajstić information content (AvgIpc) is 3.38. The zero-order valence-electron chi connectivity index (χ0n) is 17.8. The summed E-state index contributed by atoms with van der Waals surface area (Å²) < 4.78 is 12.8. The van der Waals surface area contributed by atoms with Crippen LogP contribution in [0.5, 0.6) is 5.88 Å². The quantitative estimate of drug-likeness (QED) is 0.415. The second-order valence-corrected chi connectivity index (χ2v) is 8.11. The van der Waals surface area contributed by atoms with E-state index in [2.05, 4.69) is 15.5 Å². The molecule has 1 N–H and O–H groups in total. The third-order valence-electron chi connectivity index (χ3n) is 4.65. The number of esters is 1. The van der Waals surface area contributed by atoms with E-state index in [9.17, 15) is 14.4 Å². The van der Waals surface area contributed by atoms with Crippen LogP contribution in [0.15, 0.2) is 40.6 Å². The first-order valence-electron chi connectivity index (χ1n) is 9.70. The van der Waals surface area contributed by atoms with Crippen LogP contribution < -0.4 is 15.6 Å². The molecule has 1 amide bonds. The van der Waals surface area contributed by atoms with Gasteiger partial charge >= 0.3 is 5.97 Å². The Labute approximate surface area is 196 Å². The highest BCUT2D eigenvalue weighted by molar-refractivity contribution is 7.16. The number of amides is 1. The summed E-state index contributed by atoms with van der Waals surface area (Å²) in [6.07, 6.45) is 1.50. The molecule has 4 aromatic rings. The van der Waals surface area contributed by atoms with Crippen molar-refractivity contribution < 1.29 is 19.1 Å². The van der Waals surface area contributed by atoms with Gasteiger partial charge in [-0.3, -0.25) is 14.3 Å². The molecule has 0 saturated carbocycles. The molecule has 0 bridgehead atoms. The number of fused-ring (bicyclic) bond motifs is 1. The number of benzene rings is 1. The molecule has 0 fully saturated rings. The van der Waals surface area contributed by atoms with Crippen molar-refractivity contribution in [3.8, 4) is 11.6 Å². The second kappa shape index (κ2) is 9.04. The number of anilines is 1. The molecule has 10 nitrogen and oxygen atoms in total. The third-order valence-corrected chi connectivity index (χ3v) is 5.80. The molecule has 0 aliphatic heterocycles. The number of aryl methyl sites for hydroxylation is 1. The van der Waals surface area contributed by atoms with Crippen LogP contribution in [-0.4, -0.2) is 45.2 Å². The fourth-order valence-corrected chi connectivity index (χ4v) is 4.25. The molecule has 0 aliphatic carbocycles. The van der Waals surface area contributed by atoms with Gasteiger partial charge in [0.05, 0.1) is 24.8 Å². The first-order chi connectivity index (χ1) is 15.8. The summed E-state index contributed by atoms with van der Waals surface area (Å²) in [6, 6.07) is 6.40. The fraction of sp³-hybridized carbons (Fsp3) is 0.190. The molecule has 33 heavy (non-hydrogen) atoms. The molecular weight excluding hydrogens is 470 g/mol. The molecule has 4 rings (SSSR count). The van der Waals surface area contributed by atoms with Gasteiger partial charge in [0.15, 0.2) is 5.69 Å². The minimum atomic E-state index is -0.685. The molecule has 3 aromatic heterocycles. The number of hydrogen-bond donors (Lipinski definition) is 1. The zero-order chi connectivity index (χ0) is 23.7.